The van der Waals surface area contributed by atoms with E-state index in [1.165, 1.54) is 4.91 Å². The minimum absolute atomic E-state index is 0.0473. The van der Waals surface area contributed by atoms with Crippen molar-refractivity contribution in [3.8, 4) is 20.0 Å². The van der Waals surface area contributed by atoms with Crippen LogP contribution in [0.3, 0.4) is 0 Å². The van der Waals surface area contributed by atoms with E-state index in [0.717, 1.165) is 20.6 Å². The molecule has 0 spiro atoms. The van der Waals surface area contributed by atoms with Crippen LogP contribution in [0, 0.1) is 11.6 Å². The van der Waals surface area contributed by atoms with Gasteiger partial charge < -0.3 is 0 Å². The summed E-state index contributed by atoms with van der Waals surface area (Å²) in [5.74, 6) is -1.51. The van der Waals surface area contributed by atoms with Gasteiger partial charge in [0.2, 0.25) is 0 Å². The molecule has 0 amide bonds. The number of nitrogens with zero attached hydrogens (tertiary/aromatic N) is 2. The Morgan fingerprint density at radius 3 is 1.38 bits per heavy atom. The zero-order chi connectivity index (χ0) is 21.1. The third-order valence-corrected chi connectivity index (χ3v) is 38.8. The summed E-state index contributed by atoms with van der Waals surface area (Å²) in [6.07, 6.45) is 0. The Kier molecular flexibility index (Phi) is 6.35. The molecular weight excluding hydrogens is 734 g/mol. The van der Waals surface area contributed by atoms with E-state index in [2.05, 4.69) is 50.5 Å². The van der Waals surface area contributed by atoms with Gasteiger partial charge in [-0.05, 0) is 0 Å². The van der Waals surface area contributed by atoms with Crippen LogP contribution in [0.1, 0.15) is 0 Å². The van der Waals surface area contributed by atoms with E-state index in [9.17, 15) is 0 Å². The van der Waals surface area contributed by atoms with E-state index in [-0.39, 0.29) is 29.0 Å². The molecule has 0 saturated heterocycles. The van der Waals surface area contributed by atoms with Crippen molar-refractivity contribution in [3.05, 3.63) is 35.9 Å². The third kappa shape index (κ3) is 4.26. The first-order valence-corrected chi connectivity index (χ1v) is 33.5. The summed E-state index contributed by atoms with van der Waals surface area (Å²) in [6.45, 7) is 0. The normalized spacial score (nSPS) is 12.8. The molecule has 0 bridgehead atoms. The van der Waals surface area contributed by atoms with Crippen molar-refractivity contribution in [2.75, 3.05) is 0 Å². The fourth-order valence-electron chi connectivity index (χ4n) is 3.14. The first-order chi connectivity index (χ1) is 13.5. The van der Waals surface area contributed by atoms with Gasteiger partial charge in [0, 0.05) is 0 Å². The number of hydrogen-bond acceptors (Lipinski definition) is 3. The Bertz CT molecular complexity index is 1120. The Morgan fingerprint density at radius 1 is 0.690 bits per heavy atom. The van der Waals surface area contributed by atoms with Gasteiger partial charge in [-0.25, -0.2) is 0 Å². The number of benzene rings is 1. The van der Waals surface area contributed by atoms with Crippen molar-refractivity contribution in [2.24, 2.45) is 0 Å². The molecule has 0 aliphatic rings. The van der Waals surface area contributed by atoms with Gasteiger partial charge in [0.1, 0.15) is 0 Å². The SMILES string of the molecule is [CH3][Sn]([CH3])([CH3])[c]1ccc(-c2c(F)c(F)c(-c3cc[c]([Sn]([CH3])([CH3])[CH3])[se]3)c3nsnc23)[se]1. The standard InChI is InChI=1S/C14H4F2N2SSe2.6CH3.2Sn/c15-11-9(7-3-1-5-20-7)13-14(18-19-17-13)10(12(11)16)8-4-2-6-21-8;;;;;;;;/h1-4H;6*1H3;;. The van der Waals surface area contributed by atoms with Gasteiger partial charge in [-0.3, -0.25) is 0 Å². The van der Waals surface area contributed by atoms with Gasteiger partial charge >= 0.3 is 196 Å². The molecule has 1 aromatic carbocycles. The number of aromatic nitrogens is 2. The molecular formula is C20H22F2N2SSe2Sn2. The van der Waals surface area contributed by atoms with Crippen LogP contribution in [0.4, 0.5) is 8.78 Å². The molecule has 3 heterocycles. The van der Waals surface area contributed by atoms with Gasteiger partial charge in [-0.1, -0.05) is 0 Å². The third-order valence-electron chi connectivity index (χ3n) is 4.78. The van der Waals surface area contributed by atoms with Crippen LogP contribution in [0.15, 0.2) is 24.3 Å². The molecule has 29 heavy (non-hydrogen) atoms. The van der Waals surface area contributed by atoms with Crippen LogP contribution >= 0.6 is 11.7 Å². The Balaban J connectivity index is 1.94. The summed E-state index contributed by atoms with van der Waals surface area (Å²) < 4.78 is 44.5. The second-order valence-corrected chi connectivity index (χ2v) is 47.6. The monoisotopic (exact) mass is 760 g/mol. The molecule has 4 aromatic rings. The molecule has 9 heteroatoms. The molecule has 0 aliphatic heterocycles. The Hall–Kier alpha value is 0.496. The molecule has 0 unspecified atom stereocenters. The van der Waals surface area contributed by atoms with Crippen molar-refractivity contribution < 1.29 is 8.78 Å². The van der Waals surface area contributed by atoms with Crippen LogP contribution in [0.25, 0.3) is 31.0 Å². The minimum atomic E-state index is -2.22. The molecule has 3 aromatic heterocycles. The van der Waals surface area contributed by atoms with Crippen molar-refractivity contribution in [3.63, 3.8) is 0 Å². The summed E-state index contributed by atoms with van der Waals surface area (Å²) in [5, 5.41) is 0. The summed E-state index contributed by atoms with van der Waals surface area (Å²) in [7, 11) is 0. The summed E-state index contributed by atoms with van der Waals surface area (Å²) in [5.41, 5.74) is 1.73. The topological polar surface area (TPSA) is 25.8 Å². The zero-order valence-electron chi connectivity index (χ0n) is 17.2. The van der Waals surface area contributed by atoms with Gasteiger partial charge in [-0.2, -0.15) is 0 Å². The number of halogens is 2. The predicted octanol–water partition coefficient (Wildman–Crippen LogP) is 4.51. The van der Waals surface area contributed by atoms with Crippen LogP contribution in [0.5, 0.6) is 0 Å². The fraction of sp³-hybridized carbons (Fsp3) is 0.300. The second-order valence-electron chi connectivity index (χ2n) is 9.17. The van der Waals surface area contributed by atoms with Gasteiger partial charge in [-0.15, -0.1) is 0 Å². The molecule has 152 valence electrons. The van der Waals surface area contributed by atoms with Crippen LogP contribution in [0.2, 0.25) is 29.6 Å². The zero-order valence-corrected chi connectivity index (χ0v) is 27.1. The Labute approximate surface area is 194 Å². The number of hydrogen-bond donors (Lipinski definition) is 0. The maximum absolute atomic E-state index is 15.4. The van der Waals surface area contributed by atoms with Crippen molar-refractivity contribution in [2.45, 2.75) is 29.6 Å². The van der Waals surface area contributed by atoms with E-state index in [1.807, 2.05) is 12.1 Å². The van der Waals surface area contributed by atoms with Crippen molar-refractivity contribution in [1.82, 2.24) is 8.75 Å². The van der Waals surface area contributed by atoms with Crippen LogP contribution in [-0.4, -0.2) is 74.5 Å². The quantitative estimate of drug-likeness (QED) is 0.287. The number of fused-ring (bicyclic) bond motifs is 1. The average molecular weight is 756 g/mol. The summed E-state index contributed by atoms with van der Waals surface area (Å²) in [4.78, 5) is 14.2. The number of rotatable bonds is 4. The molecule has 0 atom stereocenters. The van der Waals surface area contributed by atoms with Crippen molar-refractivity contribution >= 4 is 93.4 Å². The van der Waals surface area contributed by atoms with Gasteiger partial charge in [0.05, 0.1) is 0 Å². The van der Waals surface area contributed by atoms with Gasteiger partial charge in [0.25, 0.3) is 0 Å². The predicted molar refractivity (Wildman–Crippen MR) is 128 cm³/mol. The first kappa shape index (κ1) is 22.7. The van der Waals surface area contributed by atoms with E-state index in [4.69, 9.17) is 0 Å². The molecule has 0 fully saturated rings. The second kappa shape index (κ2) is 8.12. The van der Waals surface area contributed by atoms with E-state index in [1.54, 1.807) is 0 Å². The van der Waals surface area contributed by atoms with Crippen molar-refractivity contribution in [1.29, 1.82) is 0 Å². The summed E-state index contributed by atoms with van der Waals surface area (Å²) in [6, 6.07) is 8.27. The van der Waals surface area contributed by atoms with Gasteiger partial charge in [0.15, 0.2) is 0 Å². The molecule has 0 N–H and O–H groups in total. The van der Waals surface area contributed by atoms with E-state index >= 15 is 8.78 Å². The molecule has 2 nitrogen and oxygen atoms in total. The van der Waals surface area contributed by atoms with E-state index in [0.29, 0.717) is 22.2 Å². The van der Waals surface area contributed by atoms with Crippen LogP contribution < -0.4 is 4.91 Å². The van der Waals surface area contributed by atoms with E-state index < -0.39 is 48.4 Å². The van der Waals surface area contributed by atoms with Crippen LogP contribution in [-0.2, 0) is 0 Å². The Morgan fingerprint density at radius 2 is 1.07 bits per heavy atom. The maximum atomic E-state index is 15.4. The molecule has 0 saturated carbocycles. The molecule has 0 radical (unpaired) electrons. The molecule has 0 aliphatic carbocycles. The summed E-state index contributed by atoms with van der Waals surface area (Å²) >= 11 is -3.29. The molecule has 4 rings (SSSR count). The fourth-order valence-corrected chi connectivity index (χ4v) is 24.0. The average Bonchev–Trinajstić information content (AvgIpc) is 3.34. The first-order valence-electron chi connectivity index (χ1n) is 9.33.